The van der Waals surface area contributed by atoms with Crippen molar-refractivity contribution in [2.24, 2.45) is 0 Å². The highest BCUT2D eigenvalue weighted by Gasteiger charge is 2.23. The molecule has 0 aliphatic rings. The van der Waals surface area contributed by atoms with E-state index in [1.807, 2.05) is 0 Å². The second-order valence-electron chi connectivity index (χ2n) is 4.72. The lowest BCUT2D eigenvalue weighted by molar-refractivity contribution is -0.386. The summed E-state index contributed by atoms with van der Waals surface area (Å²) in [6.45, 7) is 2.70. The molecule has 0 aliphatic carbocycles. The molecule has 2 aromatic rings. The number of aromatic nitrogens is 2. The molecular formula is C14H14FN3O4. The molecule has 8 heteroatoms. The summed E-state index contributed by atoms with van der Waals surface area (Å²) in [4.78, 5) is 22.1. The predicted molar refractivity (Wildman–Crippen MR) is 74.6 cm³/mol. The van der Waals surface area contributed by atoms with E-state index in [9.17, 15) is 19.3 Å². The molecule has 7 nitrogen and oxygen atoms in total. The summed E-state index contributed by atoms with van der Waals surface area (Å²) in [6, 6.07) is 5.70. The smallest absolute Gasteiger partial charge is 0.328 e. The summed E-state index contributed by atoms with van der Waals surface area (Å²) in [5, 5.41) is 14.8. The molecule has 22 heavy (non-hydrogen) atoms. The number of benzene rings is 1. The van der Waals surface area contributed by atoms with Crippen LogP contribution < -0.4 is 0 Å². The Morgan fingerprint density at radius 1 is 1.45 bits per heavy atom. The Bertz CT molecular complexity index is 727. The fourth-order valence-electron chi connectivity index (χ4n) is 2.06. The SMILES string of the molecule is Cc1nn(CC(=O)OCc2cccc(F)c2)c(C)c1[N+](=O)[O-]. The Hall–Kier alpha value is -2.77. The second-order valence-corrected chi connectivity index (χ2v) is 4.72. The van der Waals surface area contributed by atoms with Crippen LogP contribution in [0.1, 0.15) is 17.0 Å². The molecule has 0 saturated heterocycles. The van der Waals surface area contributed by atoms with Gasteiger partial charge in [-0.2, -0.15) is 5.10 Å². The lowest BCUT2D eigenvalue weighted by atomic mass is 10.2. The summed E-state index contributed by atoms with van der Waals surface area (Å²) in [7, 11) is 0. The molecule has 0 saturated carbocycles. The number of rotatable bonds is 5. The van der Waals surface area contributed by atoms with Gasteiger partial charge in [0.1, 0.15) is 30.4 Å². The van der Waals surface area contributed by atoms with Gasteiger partial charge in [-0.1, -0.05) is 12.1 Å². The topological polar surface area (TPSA) is 87.3 Å². The lowest BCUT2D eigenvalue weighted by Crippen LogP contribution is -2.15. The third kappa shape index (κ3) is 3.46. The first-order chi connectivity index (χ1) is 10.4. The summed E-state index contributed by atoms with van der Waals surface area (Å²) in [5.41, 5.74) is 0.927. The van der Waals surface area contributed by atoms with Crippen molar-refractivity contribution in [1.29, 1.82) is 0 Å². The summed E-state index contributed by atoms with van der Waals surface area (Å²) < 4.78 is 19.2. The maximum absolute atomic E-state index is 13.0. The van der Waals surface area contributed by atoms with E-state index in [2.05, 4.69) is 5.10 Å². The number of carbonyl (C=O) groups excluding carboxylic acids is 1. The number of hydrogen-bond donors (Lipinski definition) is 0. The highest BCUT2D eigenvalue weighted by atomic mass is 19.1. The summed E-state index contributed by atoms with van der Waals surface area (Å²) in [5.74, 6) is -1.02. The van der Waals surface area contributed by atoms with Crippen molar-refractivity contribution in [3.63, 3.8) is 0 Å². The van der Waals surface area contributed by atoms with E-state index in [-0.39, 0.29) is 30.2 Å². The highest BCUT2D eigenvalue weighted by Crippen LogP contribution is 2.21. The molecule has 0 amide bonds. The number of nitro groups is 1. The molecule has 116 valence electrons. The van der Waals surface area contributed by atoms with Gasteiger partial charge in [-0.3, -0.25) is 19.6 Å². The maximum Gasteiger partial charge on any atom is 0.328 e. The van der Waals surface area contributed by atoms with Gasteiger partial charge in [0.2, 0.25) is 0 Å². The fraction of sp³-hybridized carbons (Fsp3) is 0.286. The van der Waals surface area contributed by atoms with Crippen LogP contribution in [0.2, 0.25) is 0 Å². The maximum atomic E-state index is 13.0. The molecule has 0 radical (unpaired) electrons. The zero-order chi connectivity index (χ0) is 16.3. The van der Waals surface area contributed by atoms with Gasteiger partial charge in [0.15, 0.2) is 0 Å². The van der Waals surface area contributed by atoms with Crippen molar-refractivity contribution in [3.8, 4) is 0 Å². The first kappa shape index (κ1) is 15.6. The first-order valence-electron chi connectivity index (χ1n) is 6.47. The van der Waals surface area contributed by atoms with Crippen molar-refractivity contribution in [2.45, 2.75) is 27.0 Å². The van der Waals surface area contributed by atoms with E-state index < -0.39 is 16.7 Å². The van der Waals surface area contributed by atoms with E-state index in [4.69, 9.17) is 4.74 Å². The summed E-state index contributed by atoms with van der Waals surface area (Å²) >= 11 is 0. The molecule has 2 rings (SSSR count). The zero-order valence-electron chi connectivity index (χ0n) is 12.1. The van der Waals surface area contributed by atoms with E-state index in [0.717, 1.165) is 0 Å². The van der Waals surface area contributed by atoms with Gasteiger partial charge in [0.05, 0.1) is 4.92 Å². The van der Waals surface area contributed by atoms with E-state index in [1.165, 1.54) is 36.7 Å². The quantitative estimate of drug-likeness (QED) is 0.480. The molecule has 1 aromatic heterocycles. The number of hydrogen-bond acceptors (Lipinski definition) is 5. The van der Waals surface area contributed by atoms with Gasteiger partial charge >= 0.3 is 11.7 Å². The van der Waals surface area contributed by atoms with Gasteiger partial charge < -0.3 is 4.74 Å². The summed E-state index contributed by atoms with van der Waals surface area (Å²) in [6.07, 6.45) is 0. The van der Waals surface area contributed by atoms with Crippen molar-refractivity contribution in [3.05, 3.63) is 57.1 Å². The van der Waals surface area contributed by atoms with Crippen molar-refractivity contribution in [1.82, 2.24) is 9.78 Å². The van der Waals surface area contributed by atoms with Crippen LogP contribution >= 0.6 is 0 Å². The minimum atomic E-state index is -0.607. The van der Waals surface area contributed by atoms with E-state index in [0.29, 0.717) is 5.56 Å². The molecule has 0 unspecified atom stereocenters. The van der Waals surface area contributed by atoms with Crippen LogP contribution in [-0.2, 0) is 22.7 Å². The van der Waals surface area contributed by atoms with Crippen molar-refractivity contribution >= 4 is 11.7 Å². The van der Waals surface area contributed by atoms with Crippen molar-refractivity contribution < 1.29 is 18.8 Å². The lowest BCUT2D eigenvalue weighted by Gasteiger charge is -2.06. The fourth-order valence-corrected chi connectivity index (χ4v) is 2.06. The Balaban J connectivity index is 2.01. The van der Waals surface area contributed by atoms with Crippen molar-refractivity contribution in [2.75, 3.05) is 0 Å². The number of nitrogens with zero attached hydrogens (tertiary/aromatic N) is 3. The van der Waals surface area contributed by atoms with Gasteiger partial charge in [0.25, 0.3) is 0 Å². The molecule has 0 aliphatic heterocycles. The molecule has 1 heterocycles. The minimum Gasteiger partial charge on any atom is -0.459 e. The van der Waals surface area contributed by atoms with Crippen LogP contribution in [0.5, 0.6) is 0 Å². The van der Waals surface area contributed by atoms with Crippen LogP contribution in [0, 0.1) is 29.8 Å². The third-order valence-electron chi connectivity index (χ3n) is 3.09. The standard InChI is InChI=1S/C14H14FN3O4/c1-9-14(18(20)21)10(2)17(16-9)7-13(19)22-8-11-4-3-5-12(15)6-11/h3-6H,7-8H2,1-2H3. The Morgan fingerprint density at radius 2 is 2.18 bits per heavy atom. The first-order valence-corrected chi connectivity index (χ1v) is 6.47. The van der Waals surface area contributed by atoms with Gasteiger partial charge in [-0.05, 0) is 31.5 Å². The normalized spacial score (nSPS) is 10.5. The number of ether oxygens (including phenoxy) is 1. The molecule has 0 bridgehead atoms. The van der Waals surface area contributed by atoms with Gasteiger partial charge in [0, 0.05) is 0 Å². The number of aryl methyl sites for hydroxylation is 1. The average molecular weight is 307 g/mol. The van der Waals surface area contributed by atoms with Crippen LogP contribution in [0.3, 0.4) is 0 Å². The second kappa shape index (κ2) is 6.33. The zero-order valence-corrected chi connectivity index (χ0v) is 12.1. The van der Waals surface area contributed by atoms with Crippen LogP contribution in [0.25, 0.3) is 0 Å². The monoisotopic (exact) mass is 307 g/mol. The highest BCUT2D eigenvalue weighted by molar-refractivity contribution is 5.69. The molecule has 0 atom stereocenters. The Labute approximate surface area is 125 Å². The van der Waals surface area contributed by atoms with Gasteiger partial charge in [-0.25, -0.2) is 4.39 Å². The number of halogens is 1. The molecule has 1 aromatic carbocycles. The van der Waals surface area contributed by atoms with Gasteiger partial charge in [-0.15, -0.1) is 0 Å². The number of carbonyl (C=O) groups is 1. The molecule has 0 spiro atoms. The molecule has 0 fully saturated rings. The Morgan fingerprint density at radius 3 is 2.77 bits per heavy atom. The largest absolute Gasteiger partial charge is 0.459 e. The minimum absolute atomic E-state index is 0.0714. The predicted octanol–water partition coefficient (Wildman–Crippen LogP) is 2.29. The third-order valence-corrected chi connectivity index (χ3v) is 3.09. The van der Waals surface area contributed by atoms with Crippen LogP contribution in [0.4, 0.5) is 10.1 Å². The van der Waals surface area contributed by atoms with E-state index >= 15 is 0 Å². The molecule has 0 N–H and O–H groups in total. The van der Waals surface area contributed by atoms with E-state index in [1.54, 1.807) is 6.07 Å². The number of esters is 1. The van der Waals surface area contributed by atoms with Crippen LogP contribution in [-0.4, -0.2) is 20.7 Å². The molecular weight excluding hydrogens is 293 g/mol. The average Bonchev–Trinajstić information content (AvgIpc) is 2.71. The van der Waals surface area contributed by atoms with Crippen LogP contribution in [0.15, 0.2) is 24.3 Å². The Kier molecular flexibility index (Phi) is 4.50.